The van der Waals surface area contributed by atoms with Gasteiger partial charge in [-0.15, -0.1) is 0 Å². The second-order valence-electron chi connectivity index (χ2n) is 8.65. The summed E-state index contributed by atoms with van der Waals surface area (Å²) >= 11 is 0. The maximum absolute atomic E-state index is 10.8. The number of aliphatic hydroxyl groups is 1. The van der Waals surface area contributed by atoms with Crippen LogP contribution in [-0.2, 0) is 0 Å². The molecule has 0 saturated heterocycles. The highest BCUT2D eigenvalue weighted by atomic mass is 16.3. The molecule has 0 spiro atoms. The molecule has 1 heteroatoms. The fourth-order valence-corrected chi connectivity index (χ4v) is 6.80. The maximum atomic E-state index is 10.8. The van der Waals surface area contributed by atoms with Gasteiger partial charge in [0.1, 0.15) is 0 Å². The molecule has 7 atom stereocenters. The molecule has 1 N–H and O–H groups in total. The van der Waals surface area contributed by atoms with Crippen molar-refractivity contribution in [1.82, 2.24) is 0 Å². The van der Waals surface area contributed by atoms with E-state index in [0.29, 0.717) is 5.41 Å². The molecule has 112 valence electrons. The van der Waals surface area contributed by atoms with Crippen LogP contribution in [0.25, 0.3) is 0 Å². The number of fused-ring (bicyclic) bond motifs is 5. The third kappa shape index (κ3) is 1.59. The molecule has 4 aliphatic rings. The molecule has 4 aliphatic carbocycles. The molecule has 3 fully saturated rings. The van der Waals surface area contributed by atoms with Gasteiger partial charge in [0.05, 0.1) is 6.10 Å². The lowest BCUT2D eigenvalue weighted by atomic mass is 9.44. The number of hydrogen-bond donors (Lipinski definition) is 1. The average Bonchev–Trinajstić information content (AvgIpc) is 2.82. The van der Waals surface area contributed by atoms with Gasteiger partial charge in [0.2, 0.25) is 0 Å². The average molecular weight is 274 g/mol. The molecule has 0 aromatic heterocycles. The van der Waals surface area contributed by atoms with Crippen LogP contribution < -0.4 is 0 Å². The summed E-state index contributed by atoms with van der Waals surface area (Å²) in [4.78, 5) is 0. The molecule has 0 aromatic carbocycles. The Morgan fingerprint density at radius 2 is 1.85 bits per heavy atom. The lowest BCUT2D eigenvalue weighted by molar-refractivity contribution is -0.156. The van der Waals surface area contributed by atoms with Gasteiger partial charge in [-0.05, 0) is 79.4 Å². The van der Waals surface area contributed by atoms with Gasteiger partial charge in [0, 0.05) is 0 Å². The number of allylic oxidation sites excluding steroid dienone is 2. The van der Waals surface area contributed by atoms with Crippen LogP contribution in [0.1, 0.15) is 65.2 Å². The summed E-state index contributed by atoms with van der Waals surface area (Å²) in [5, 5.41) is 10.8. The van der Waals surface area contributed by atoms with Crippen LogP contribution >= 0.6 is 0 Å². The standard InChI is InChI=1S/C19H30O/c1-18-11-4-6-15(18)14-9-8-13-5-3-7-17(20)19(13,2)16(14)10-12-18/h4,11,13-17,20H,3,5-10,12H2,1-2H3/t13-,14+,15+,16+,17?,18+,19+/m1/s1. The normalized spacial score (nSPS) is 57.9. The van der Waals surface area contributed by atoms with Gasteiger partial charge >= 0.3 is 0 Å². The minimum absolute atomic E-state index is 0.0345. The molecule has 0 aliphatic heterocycles. The van der Waals surface area contributed by atoms with Gasteiger partial charge in [-0.3, -0.25) is 0 Å². The van der Waals surface area contributed by atoms with Crippen molar-refractivity contribution in [3.63, 3.8) is 0 Å². The molecule has 0 amide bonds. The molecule has 0 radical (unpaired) electrons. The van der Waals surface area contributed by atoms with E-state index in [-0.39, 0.29) is 11.5 Å². The summed E-state index contributed by atoms with van der Waals surface area (Å²) in [6.45, 7) is 4.94. The second-order valence-corrected chi connectivity index (χ2v) is 8.65. The van der Waals surface area contributed by atoms with Gasteiger partial charge in [0.25, 0.3) is 0 Å². The van der Waals surface area contributed by atoms with Crippen molar-refractivity contribution in [2.75, 3.05) is 0 Å². The summed E-state index contributed by atoms with van der Waals surface area (Å²) in [5.74, 6) is 3.33. The van der Waals surface area contributed by atoms with E-state index in [1.807, 2.05) is 0 Å². The number of aliphatic hydroxyl groups excluding tert-OH is 1. The smallest absolute Gasteiger partial charge is 0.0599 e. The zero-order valence-corrected chi connectivity index (χ0v) is 13.1. The minimum Gasteiger partial charge on any atom is -0.393 e. The lowest BCUT2D eigenvalue weighted by Gasteiger charge is -2.61. The van der Waals surface area contributed by atoms with E-state index in [2.05, 4.69) is 26.0 Å². The van der Waals surface area contributed by atoms with Gasteiger partial charge in [0.15, 0.2) is 0 Å². The van der Waals surface area contributed by atoms with Crippen LogP contribution in [0.5, 0.6) is 0 Å². The molecule has 0 bridgehead atoms. The maximum Gasteiger partial charge on any atom is 0.0599 e. The highest BCUT2D eigenvalue weighted by Gasteiger charge is 2.58. The van der Waals surface area contributed by atoms with Crippen LogP contribution in [0.4, 0.5) is 0 Å². The topological polar surface area (TPSA) is 20.2 Å². The van der Waals surface area contributed by atoms with E-state index in [4.69, 9.17) is 0 Å². The molecule has 1 unspecified atom stereocenters. The van der Waals surface area contributed by atoms with E-state index < -0.39 is 0 Å². The van der Waals surface area contributed by atoms with E-state index in [0.717, 1.165) is 30.1 Å². The fraction of sp³-hybridized carbons (Fsp3) is 0.895. The molecule has 4 rings (SSSR count). The van der Waals surface area contributed by atoms with Gasteiger partial charge in [-0.1, -0.05) is 32.4 Å². The highest BCUT2D eigenvalue weighted by Crippen LogP contribution is 2.64. The largest absolute Gasteiger partial charge is 0.393 e. The first-order chi connectivity index (χ1) is 9.56. The van der Waals surface area contributed by atoms with Crippen molar-refractivity contribution in [1.29, 1.82) is 0 Å². The Balaban J connectivity index is 1.68. The van der Waals surface area contributed by atoms with E-state index in [1.165, 1.54) is 44.9 Å². The first kappa shape index (κ1) is 13.4. The molecule has 3 saturated carbocycles. The van der Waals surface area contributed by atoms with Crippen LogP contribution in [0.15, 0.2) is 12.2 Å². The summed E-state index contributed by atoms with van der Waals surface area (Å²) in [6, 6.07) is 0. The van der Waals surface area contributed by atoms with Crippen LogP contribution in [0, 0.1) is 34.5 Å². The first-order valence-corrected chi connectivity index (χ1v) is 8.91. The van der Waals surface area contributed by atoms with Crippen LogP contribution in [0.2, 0.25) is 0 Å². The Kier molecular flexibility index (Phi) is 2.91. The Labute approximate surface area is 123 Å². The Morgan fingerprint density at radius 3 is 2.70 bits per heavy atom. The zero-order valence-electron chi connectivity index (χ0n) is 13.1. The monoisotopic (exact) mass is 274 g/mol. The molecular weight excluding hydrogens is 244 g/mol. The van der Waals surface area contributed by atoms with Crippen molar-refractivity contribution in [3.8, 4) is 0 Å². The third-order valence-corrected chi connectivity index (χ3v) is 8.04. The Hall–Kier alpha value is -0.300. The van der Waals surface area contributed by atoms with Crippen molar-refractivity contribution in [3.05, 3.63) is 12.2 Å². The predicted molar refractivity (Wildman–Crippen MR) is 82.3 cm³/mol. The zero-order chi connectivity index (χ0) is 14.0. The van der Waals surface area contributed by atoms with E-state index in [1.54, 1.807) is 0 Å². The predicted octanol–water partition coefficient (Wildman–Crippen LogP) is 4.56. The number of rotatable bonds is 0. The van der Waals surface area contributed by atoms with Crippen molar-refractivity contribution in [2.45, 2.75) is 71.3 Å². The Bertz CT molecular complexity index is 427. The molecular formula is C19H30O. The van der Waals surface area contributed by atoms with Crippen LogP contribution in [0.3, 0.4) is 0 Å². The van der Waals surface area contributed by atoms with Gasteiger partial charge < -0.3 is 5.11 Å². The van der Waals surface area contributed by atoms with Gasteiger partial charge in [-0.2, -0.15) is 0 Å². The van der Waals surface area contributed by atoms with Crippen molar-refractivity contribution >= 4 is 0 Å². The summed E-state index contributed by atoms with van der Waals surface area (Å²) in [7, 11) is 0. The van der Waals surface area contributed by atoms with Crippen molar-refractivity contribution in [2.24, 2.45) is 34.5 Å². The molecule has 20 heavy (non-hydrogen) atoms. The molecule has 0 aromatic rings. The highest BCUT2D eigenvalue weighted by molar-refractivity contribution is 5.16. The fourth-order valence-electron chi connectivity index (χ4n) is 6.80. The number of hydrogen-bond acceptors (Lipinski definition) is 1. The summed E-state index contributed by atoms with van der Waals surface area (Å²) in [5.41, 5.74) is 0.703. The quantitative estimate of drug-likeness (QED) is 0.642. The van der Waals surface area contributed by atoms with Crippen molar-refractivity contribution < 1.29 is 5.11 Å². The first-order valence-electron chi connectivity index (χ1n) is 8.91. The molecule has 0 heterocycles. The summed E-state index contributed by atoms with van der Waals surface area (Å²) in [6.07, 6.45) is 15.4. The van der Waals surface area contributed by atoms with E-state index in [9.17, 15) is 5.11 Å². The lowest BCUT2D eigenvalue weighted by Crippen LogP contribution is -2.57. The Morgan fingerprint density at radius 1 is 1.00 bits per heavy atom. The summed E-state index contributed by atoms with van der Waals surface area (Å²) < 4.78 is 0. The second kappa shape index (κ2) is 4.35. The minimum atomic E-state index is -0.0345. The van der Waals surface area contributed by atoms with Crippen LogP contribution in [-0.4, -0.2) is 11.2 Å². The van der Waals surface area contributed by atoms with Gasteiger partial charge in [-0.25, -0.2) is 0 Å². The van der Waals surface area contributed by atoms with E-state index >= 15 is 0 Å². The molecule has 1 nitrogen and oxygen atoms in total. The SMILES string of the molecule is C[C@]12C(O)CCC[C@@H]1CC[C@@H]1[C@@H]2CC[C@]2(C)C=CC[C@@H]12. The third-order valence-electron chi connectivity index (χ3n) is 8.04.